The zero-order valence-electron chi connectivity index (χ0n) is 11.7. The van der Waals surface area contributed by atoms with E-state index in [0.29, 0.717) is 16.4 Å². The molecule has 0 atom stereocenters. The van der Waals surface area contributed by atoms with Crippen LogP contribution in [0.1, 0.15) is 46.5 Å². The molecule has 0 aromatic rings. The fraction of sp³-hybridized carbons (Fsp3) is 1.00. The lowest BCUT2D eigenvalue weighted by Crippen LogP contribution is -2.53. The molecule has 0 radical (unpaired) electrons. The highest BCUT2D eigenvalue weighted by atomic mass is 32.2. The van der Waals surface area contributed by atoms with E-state index in [1.807, 2.05) is 0 Å². The predicted molar refractivity (Wildman–Crippen MR) is 76.8 cm³/mol. The number of thiol groups is 1. The molecule has 0 bridgehead atoms. The highest BCUT2D eigenvalue weighted by molar-refractivity contribution is 8.16. The summed E-state index contributed by atoms with van der Waals surface area (Å²) >= 11 is 0. The summed E-state index contributed by atoms with van der Waals surface area (Å²) in [5.74, 6) is 0. The molecule has 16 heavy (non-hydrogen) atoms. The van der Waals surface area contributed by atoms with Gasteiger partial charge in [0.1, 0.15) is 0 Å². The van der Waals surface area contributed by atoms with Gasteiger partial charge in [0.15, 0.2) is 0 Å². The Kier molecular flexibility index (Phi) is 3.35. The van der Waals surface area contributed by atoms with Gasteiger partial charge in [-0.15, -0.1) is 0 Å². The lowest BCUT2D eigenvalue weighted by molar-refractivity contribution is 0.00149. The number of rotatable bonds is 1. The third kappa shape index (κ3) is 2.43. The van der Waals surface area contributed by atoms with Crippen molar-refractivity contribution in [3.8, 4) is 0 Å². The quantitative estimate of drug-likeness (QED) is 0.692. The molecule has 2 aliphatic rings. The zero-order chi connectivity index (χ0) is 12.0. The van der Waals surface area contributed by atoms with E-state index < -0.39 is 0 Å². The van der Waals surface area contributed by atoms with Crippen molar-refractivity contribution >= 4 is 10.9 Å². The molecule has 1 aliphatic heterocycles. The Morgan fingerprint density at radius 1 is 1.06 bits per heavy atom. The average Bonchev–Trinajstić information content (AvgIpc) is 2.12. The van der Waals surface area contributed by atoms with Crippen LogP contribution in [0.4, 0.5) is 0 Å². The van der Waals surface area contributed by atoms with E-state index in [4.69, 9.17) is 0 Å². The van der Waals surface area contributed by atoms with E-state index in [9.17, 15) is 0 Å². The molecule has 0 amide bonds. The zero-order valence-corrected chi connectivity index (χ0v) is 12.6. The fourth-order valence-electron chi connectivity index (χ4n) is 3.37. The number of nitrogens with zero attached hydrogens (tertiary/aromatic N) is 1. The smallest absolute Gasteiger partial charge is 0.0125 e. The van der Waals surface area contributed by atoms with E-state index >= 15 is 0 Å². The van der Waals surface area contributed by atoms with Crippen LogP contribution in [-0.4, -0.2) is 41.3 Å². The Bertz CT molecular complexity index is 238. The van der Waals surface area contributed by atoms with E-state index in [0.717, 1.165) is 10.7 Å². The van der Waals surface area contributed by atoms with Crippen LogP contribution in [-0.2, 0) is 0 Å². The van der Waals surface area contributed by atoms with Crippen molar-refractivity contribution in [3.63, 3.8) is 0 Å². The molecule has 1 aliphatic carbocycles. The van der Waals surface area contributed by atoms with Crippen molar-refractivity contribution in [2.24, 2.45) is 5.41 Å². The Morgan fingerprint density at radius 3 is 1.94 bits per heavy atom. The minimum absolute atomic E-state index is 0.327. The van der Waals surface area contributed by atoms with Crippen LogP contribution < -0.4 is 0 Å². The summed E-state index contributed by atoms with van der Waals surface area (Å²) in [5.41, 5.74) is 1.16. The van der Waals surface area contributed by atoms with Crippen LogP contribution in [0.5, 0.6) is 0 Å². The minimum atomic E-state index is 0.327. The van der Waals surface area contributed by atoms with E-state index in [1.165, 1.54) is 25.9 Å². The van der Waals surface area contributed by atoms with Gasteiger partial charge in [-0.05, 0) is 82.7 Å². The van der Waals surface area contributed by atoms with Crippen LogP contribution in [0.25, 0.3) is 0 Å². The van der Waals surface area contributed by atoms with Gasteiger partial charge in [0.05, 0.1) is 0 Å². The molecule has 0 N–H and O–H groups in total. The van der Waals surface area contributed by atoms with Crippen molar-refractivity contribution in [2.75, 3.05) is 25.6 Å². The van der Waals surface area contributed by atoms with Crippen LogP contribution in [0.2, 0.25) is 0 Å². The molecule has 1 saturated heterocycles. The summed E-state index contributed by atoms with van der Waals surface area (Å²) < 4.78 is 0. The maximum absolute atomic E-state index is 2.67. The Labute approximate surface area is 104 Å². The summed E-state index contributed by atoms with van der Waals surface area (Å²) in [4.78, 5) is 2.67. The number of hydrogen-bond donors (Lipinski definition) is 1. The Balaban J connectivity index is 1.83. The van der Waals surface area contributed by atoms with Crippen LogP contribution in [0, 0.1) is 5.41 Å². The van der Waals surface area contributed by atoms with Gasteiger partial charge in [-0.1, -0.05) is 0 Å². The summed E-state index contributed by atoms with van der Waals surface area (Å²) in [5, 5.41) is 1.09. The predicted octanol–water partition coefficient (Wildman–Crippen LogP) is 3.29. The van der Waals surface area contributed by atoms with E-state index in [1.54, 1.807) is 12.8 Å². The first kappa shape index (κ1) is 12.8. The summed E-state index contributed by atoms with van der Waals surface area (Å²) in [6, 6.07) is 0. The Morgan fingerprint density at radius 2 is 1.56 bits per heavy atom. The molecule has 1 saturated carbocycles. The molecular weight excluding hydrogens is 214 g/mol. The lowest BCUT2D eigenvalue weighted by atomic mass is 9.62. The van der Waals surface area contributed by atoms with Gasteiger partial charge in [-0.3, -0.25) is 15.8 Å². The third-order valence-corrected chi connectivity index (χ3v) is 6.67. The van der Waals surface area contributed by atoms with Gasteiger partial charge in [-0.25, -0.2) is 0 Å². The maximum Gasteiger partial charge on any atom is 0.0125 e. The topological polar surface area (TPSA) is 3.24 Å². The van der Waals surface area contributed by atoms with Gasteiger partial charge in [0, 0.05) is 5.54 Å². The SMILES string of the molecule is C[SH](C)C1CC2(CCN(C(C)(C)C)CC2)C1. The molecule has 2 fully saturated rings. The molecule has 0 aromatic heterocycles. The number of piperidine rings is 1. The minimum Gasteiger partial charge on any atom is -0.298 e. The molecule has 1 heterocycles. The summed E-state index contributed by atoms with van der Waals surface area (Å²) in [7, 11) is 0.327. The number of likely N-dealkylation sites (tertiary alicyclic amines) is 1. The molecule has 1 spiro atoms. The normalized spacial score (nSPS) is 27.9. The van der Waals surface area contributed by atoms with E-state index in [2.05, 4.69) is 38.2 Å². The standard InChI is InChI=1S/C14H29NS/c1-13(2,3)15-8-6-14(7-9-15)10-12(11-14)16(4)5/h12,16H,6-11H2,1-5H3. The van der Waals surface area contributed by atoms with Crippen molar-refractivity contribution < 1.29 is 0 Å². The molecule has 1 nitrogen and oxygen atoms in total. The average molecular weight is 243 g/mol. The highest BCUT2D eigenvalue weighted by Gasteiger charge is 2.46. The molecular formula is C14H29NS. The van der Waals surface area contributed by atoms with Gasteiger partial charge >= 0.3 is 0 Å². The second kappa shape index (κ2) is 4.20. The second-order valence-electron chi connectivity index (χ2n) is 7.18. The molecule has 0 aromatic carbocycles. The summed E-state index contributed by atoms with van der Waals surface area (Å²) in [6.45, 7) is 9.73. The van der Waals surface area contributed by atoms with Crippen LogP contribution >= 0.6 is 10.9 Å². The van der Waals surface area contributed by atoms with Gasteiger partial charge < -0.3 is 0 Å². The van der Waals surface area contributed by atoms with Crippen molar-refractivity contribution in [1.29, 1.82) is 0 Å². The first-order valence-corrected chi connectivity index (χ1v) is 9.04. The number of hydrogen-bond acceptors (Lipinski definition) is 1. The molecule has 2 heteroatoms. The monoisotopic (exact) mass is 243 g/mol. The van der Waals surface area contributed by atoms with Crippen molar-refractivity contribution in [3.05, 3.63) is 0 Å². The first-order chi connectivity index (χ1) is 7.32. The molecule has 2 rings (SSSR count). The maximum atomic E-state index is 2.67. The summed E-state index contributed by atoms with van der Waals surface area (Å²) in [6.07, 6.45) is 10.9. The van der Waals surface area contributed by atoms with Crippen LogP contribution in [0.15, 0.2) is 0 Å². The van der Waals surface area contributed by atoms with E-state index in [-0.39, 0.29) is 0 Å². The van der Waals surface area contributed by atoms with Gasteiger partial charge in [0.25, 0.3) is 0 Å². The second-order valence-corrected chi connectivity index (χ2v) is 9.84. The first-order valence-electron chi connectivity index (χ1n) is 6.74. The largest absolute Gasteiger partial charge is 0.298 e. The third-order valence-electron chi connectivity index (χ3n) is 4.84. The van der Waals surface area contributed by atoms with Crippen molar-refractivity contribution in [2.45, 2.75) is 57.2 Å². The molecule has 0 unspecified atom stereocenters. The van der Waals surface area contributed by atoms with Crippen LogP contribution in [0.3, 0.4) is 0 Å². The molecule has 96 valence electrons. The van der Waals surface area contributed by atoms with Gasteiger partial charge in [-0.2, -0.15) is 0 Å². The highest BCUT2D eigenvalue weighted by Crippen LogP contribution is 2.56. The van der Waals surface area contributed by atoms with Gasteiger partial charge in [0.2, 0.25) is 0 Å². The Hall–Kier alpha value is 0.310. The van der Waals surface area contributed by atoms with Crippen molar-refractivity contribution in [1.82, 2.24) is 4.90 Å². The lowest BCUT2D eigenvalue weighted by Gasteiger charge is -2.56. The fourth-order valence-corrected chi connectivity index (χ4v) is 4.87.